The van der Waals surface area contributed by atoms with Gasteiger partial charge in [0, 0.05) is 66.0 Å². The lowest BCUT2D eigenvalue weighted by Crippen LogP contribution is -2.28. The molecule has 0 fully saturated rings. The molecule has 3 aromatic carbocycles. The number of hydrogen-bond acceptors (Lipinski definition) is 9. The van der Waals surface area contributed by atoms with Crippen molar-refractivity contribution in [1.29, 1.82) is 0 Å². The Morgan fingerprint density at radius 1 is 0.761 bits per heavy atom. The molecule has 1 aliphatic carbocycles. The smallest absolute Gasteiger partial charge is 0.303 e. The summed E-state index contributed by atoms with van der Waals surface area (Å²) in [5.74, 6) is -4.50. The Morgan fingerprint density at radius 2 is 1.42 bits per heavy atom. The Morgan fingerprint density at radius 3 is 2.07 bits per heavy atom. The van der Waals surface area contributed by atoms with Gasteiger partial charge in [0.05, 0.1) is 27.4 Å². The average molecular weight is 1040 g/mol. The fourth-order valence-electron chi connectivity index (χ4n) is 9.81. The zero-order valence-electron chi connectivity index (χ0n) is 40.2. The van der Waals surface area contributed by atoms with Gasteiger partial charge in [-0.2, -0.15) is 29.8 Å². The molecule has 2 heterocycles. The molecule has 0 aromatic heterocycles. The molecule has 0 saturated carbocycles. The predicted molar refractivity (Wildman–Crippen MR) is 268 cm³/mol. The summed E-state index contributed by atoms with van der Waals surface area (Å²) in [6, 6.07) is 13.9. The monoisotopic (exact) mass is 1040 g/mol. The number of para-hydroxylation sites is 1. The van der Waals surface area contributed by atoms with E-state index >= 15 is 8.78 Å². The Labute approximate surface area is 415 Å². The first-order valence-electron chi connectivity index (χ1n) is 23.6. The highest BCUT2D eigenvalue weighted by Crippen LogP contribution is 2.49. The third-order valence-corrected chi connectivity index (χ3v) is 15.8. The van der Waals surface area contributed by atoms with Crippen LogP contribution in [0.25, 0.3) is 5.57 Å². The van der Waals surface area contributed by atoms with Crippen LogP contribution in [0.2, 0.25) is 0 Å². The lowest BCUT2D eigenvalue weighted by Gasteiger charge is -2.28. The number of amides is 1. The normalized spacial score (nSPS) is 18.0. The summed E-state index contributed by atoms with van der Waals surface area (Å²) in [6.45, 7) is 8.60. The predicted octanol–water partition coefficient (Wildman–Crippen LogP) is 9.10. The number of carboxylic acid groups (broad SMARTS) is 1. The molecule has 3 aliphatic rings. The molecular formula is C51H62F2N3O12S3+. The number of benzene rings is 3. The largest absolute Gasteiger partial charge is 0.481 e. The molecule has 5 N–H and O–H groups in total. The van der Waals surface area contributed by atoms with Crippen LogP contribution in [0.15, 0.2) is 101 Å². The van der Waals surface area contributed by atoms with E-state index in [1.165, 1.54) is 12.1 Å². The molecule has 0 radical (unpaired) electrons. The molecular weight excluding hydrogens is 981 g/mol. The second-order valence-electron chi connectivity index (χ2n) is 19.2. The standard InChI is InChI=1S/C51H61F2N3O12S3/c1-50(2)38-17-7-8-18-42(38)55(27-10-12-29-69(60,61)62)44(50)24-20-34-15-14-16-35(47(34)48-40(52)31-36(32-41(48)53)49(59)54-26-9-5-6-19-46(57)58)21-25-45-51(3,4)39-33-37(71(66,67)68)22-23-43(39)56(45)28-11-13-30-70(63,64)65/h7-8,17-18,20-25,31-33H,5-6,9-16,19,26-30H2,1-4H3,(H4-,54,57,58,59,60,61,62,63,64,65,66,67,68)/p+1. The van der Waals surface area contributed by atoms with E-state index in [1.807, 2.05) is 68.7 Å². The minimum Gasteiger partial charge on any atom is -0.481 e. The van der Waals surface area contributed by atoms with E-state index in [0.29, 0.717) is 86.0 Å². The van der Waals surface area contributed by atoms with Gasteiger partial charge < -0.3 is 15.3 Å². The summed E-state index contributed by atoms with van der Waals surface area (Å²) >= 11 is 0. The van der Waals surface area contributed by atoms with Crippen molar-refractivity contribution in [2.24, 2.45) is 0 Å². The second-order valence-corrected chi connectivity index (χ2v) is 23.8. The third kappa shape index (κ3) is 13.4. The van der Waals surface area contributed by atoms with Crippen LogP contribution in [0.4, 0.5) is 20.2 Å². The van der Waals surface area contributed by atoms with Crippen LogP contribution in [0.3, 0.4) is 0 Å². The Balaban J connectivity index is 1.48. The lowest BCUT2D eigenvalue weighted by atomic mass is 9.79. The van der Waals surface area contributed by atoms with Crippen molar-refractivity contribution >= 4 is 64.9 Å². The highest BCUT2D eigenvalue weighted by Gasteiger charge is 2.45. The summed E-state index contributed by atoms with van der Waals surface area (Å²) in [5, 5.41) is 11.6. The van der Waals surface area contributed by atoms with Crippen LogP contribution >= 0.6 is 0 Å². The molecule has 384 valence electrons. The summed E-state index contributed by atoms with van der Waals surface area (Å²) in [7, 11) is -13.0. The molecule has 15 nitrogen and oxygen atoms in total. The lowest BCUT2D eigenvalue weighted by molar-refractivity contribution is -0.438. The van der Waals surface area contributed by atoms with Gasteiger partial charge in [0.15, 0.2) is 5.71 Å². The molecule has 0 spiro atoms. The van der Waals surface area contributed by atoms with Gasteiger partial charge in [0.1, 0.15) is 18.2 Å². The minimum atomic E-state index is -4.60. The van der Waals surface area contributed by atoms with E-state index in [0.717, 1.165) is 29.1 Å². The van der Waals surface area contributed by atoms with Crippen molar-refractivity contribution in [3.05, 3.63) is 130 Å². The van der Waals surface area contributed by atoms with E-state index in [4.69, 9.17) is 5.11 Å². The number of halogens is 2. The summed E-state index contributed by atoms with van der Waals surface area (Å²) in [6.07, 6.45) is 11.0. The minimum absolute atomic E-state index is 0.0175. The van der Waals surface area contributed by atoms with E-state index in [1.54, 1.807) is 18.2 Å². The Bertz CT molecular complexity index is 3060. The van der Waals surface area contributed by atoms with Crippen molar-refractivity contribution in [2.45, 2.75) is 114 Å². The maximum atomic E-state index is 16.8. The Hall–Kier alpha value is -5.38. The van der Waals surface area contributed by atoms with E-state index in [2.05, 4.69) is 10.2 Å². The van der Waals surface area contributed by atoms with Crippen molar-refractivity contribution in [2.75, 3.05) is 36.0 Å². The third-order valence-electron chi connectivity index (χ3n) is 13.4. The van der Waals surface area contributed by atoms with Gasteiger partial charge in [-0.1, -0.05) is 50.6 Å². The maximum Gasteiger partial charge on any atom is 0.303 e. The number of nitrogens with zero attached hydrogens (tertiary/aromatic N) is 2. The van der Waals surface area contributed by atoms with Gasteiger partial charge in [-0.25, -0.2) is 8.78 Å². The maximum absolute atomic E-state index is 16.8. The molecule has 71 heavy (non-hydrogen) atoms. The molecule has 6 rings (SSSR count). The average Bonchev–Trinajstić information content (AvgIpc) is 3.62. The number of rotatable bonds is 22. The first-order chi connectivity index (χ1) is 33.2. The fourth-order valence-corrected chi connectivity index (χ4v) is 11.5. The van der Waals surface area contributed by atoms with Gasteiger partial charge in [-0.3, -0.25) is 23.2 Å². The number of carbonyl (C=O) groups is 2. The number of aliphatic carboxylic acids is 1. The molecule has 2 aliphatic heterocycles. The number of unbranched alkanes of at least 4 members (excludes halogenated alkanes) is 4. The van der Waals surface area contributed by atoms with Crippen LogP contribution < -0.4 is 10.2 Å². The highest BCUT2D eigenvalue weighted by atomic mass is 32.2. The topological polar surface area (TPSA) is 236 Å². The Kier molecular flexibility index (Phi) is 17.2. The number of allylic oxidation sites excluding steroid dienone is 8. The van der Waals surface area contributed by atoms with Gasteiger partial charge in [-0.05, 0) is 124 Å². The molecule has 3 aromatic rings. The highest BCUT2D eigenvalue weighted by molar-refractivity contribution is 7.86. The molecule has 0 saturated heterocycles. The van der Waals surface area contributed by atoms with Gasteiger partial charge in [-0.15, -0.1) is 0 Å². The SMILES string of the molecule is CC1(C)C(/C=C/C2=C(c3c(F)cc(C(=O)NCCCCCC(=O)O)cc3F)C(=C/C=C3/N(CCCCS(=O)(=O)O)c4ccccc4C3(C)C)/CCC2)=[N+](CCCCS(=O)(=O)O)c2ccc(S(=O)(=O)O)cc21. The van der Waals surface area contributed by atoms with Crippen molar-refractivity contribution < 1.29 is 67.0 Å². The number of nitrogens with one attached hydrogen (secondary N) is 1. The molecule has 0 atom stereocenters. The van der Waals surface area contributed by atoms with Gasteiger partial charge in [0.25, 0.3) is 36.3 Å². The van der Waals surface area contributed by atoms with E-state index < -0.39 is 76.2 Å². The van der Waals surface area contributed by atoms with Crippen LogP contribution in [0.5, 0.6) is 0 Å². The molecule has 20 heteroatoms. The number of hydrogen-bond donors (Lipinski definition) is 5. The van der Waals surface area contributed by atoms with Crippen molar-refractivity contribution in [3.8, 4) is 0 Å². The molecule has 0 unspecified atom stereocenters. The van der Waals surface area contributed by atoms with Crippen molar-refractivity contribution in [1.82, 2.24) is 5.32 Å². The van der Waals surface area contributed by atoms with Crippen LogP contribution in [-0.2, 0) is 46.0 Å². The van der Waals surface area contributed by atoms with E-state index in [-0.39, 0.29) is 53.9 Å². The first-order valence-corrected chi connectivity index (χ1v) is 28.2. The summed E-state index contributed by atoms with van der Waals surface area (Å²) < 4.78 is 135. The number of anilines is 1. The van der Waals surface area contributed by atoms with E-state index in [9.17, 15) is 48.5 Å². The zero-order valence-corrected chi connectivity index (χ0v) is 42.7. The fraction of sp³-hybridized carbons (Fsp3) is 0.431. The van der Waals surface area contributed by atoms with Crippen LogP contribution in [-0.4, -0.2) is 97.3 Å². The summed E-state index contributed by atoms with van der Waals surface area (Å²) in [5.41, 5.74) is 3.78. The zero-order chi connectivity index (χ0) is 52.1. The number of carboxylic acids is 1. The molecule has 0 bridgehead atoms. The number of carbonyl (C=O) groups excluding carboxylic acids is 1. The van der Waals surface area contributed by atoms with Crippen LogP contribution in [0, 0.1) is 11.6 Å². The summed E-state index contributed by atoms with van der Waals surface area (Å²) in [4.78, 5) is 25.8. The molecule has 1 amide bonds. The quantitative estimate of drug-likeness (QED) is 0.0359. The van der Waals surface area contributed by atoms with Crippen molar-refractivity contribution in [3.63, 3.8) is 0 Å². The number of fused-ring (bicyclic) bond motifs is 2. The van der Waals surface area contributed by atoms with Crippen LogP contribution in [0.1, 0.15) is 125 Å². The van der Waals surface area contributed by atoms with Gasteiger partial charge >= 0.3 is 5.97 Å². The first kappa shape index (κ1) is 54.9. The second kappa shape index (κ2) is 22.2. The van der Waals surface area contributed by atoms with Gasteiger partial charge in [0.2, 0.25) is 5.69 Å².